The van der Waals surface area contributed by atoms with Crippen molar-refractivity contribution in [2.24, 2.45) is 17.7 Å². The number of hydrogen-bond acceptors (Lipinski definition) is 5. The lowest BCUT2D eigenvalue weighted by molar-refractivity contribution is -0.146. The van der Waals surface area contributed by atoms with Crippen LogP contribution in [-0.2, 0) is 20.5 Å². The Morgan fingerprint density at radius 3 is 2.48 bits per heavy atom. The highest BCUT2D eigenvalue weighted by Crippen LogP contribution is 2.40. The molecule has 0 unspecified atom stereocenters. The van der Waals surface area contributed by atoms with Gasteiger partial charge >= 0.3 is 12.1 Å². The van der Waals surface area contributed by atoms with E-state index in [1.807, 2.05) is 5.43 Å². The van der Waals surface area contributed by atoms with E-state index in [0.717, 1.165) is 12.1 Å². The highest BCUT2D eigenvalue weighted by atomic mass is 19.4. The van der Waals surface area contributed by atoms with E-state index in [2.05, 4.69) is 5.32 Å². The van der Waals surface area contributed by atoms with Crippen molar-refractivity contribution in [2.45, 2.75) is 19.1 Å². The van der Waals surface area contributed by atoms with E-state index in [9.17, 15) is 27.6 Å². The number of rotatable bonds is 5. The number of alkyl halides is 3. The van der Waals surface area contributed by atoms with E-state index in [1.165, 1.54) is 6.07 Å². The average Bonchev–Trinajstić information content (AvgIpc) is 3.27. The standard InChI is InChI=1S/C15H16F3N3O4/c1-2-25-14(24)10-9(13(23)21-19)11(10)20-12(22)7-4-3-5-8(6-7)15(16,17)18/h3-6,9-11H,2,19H2,1H3,(H,20,22)(H,21,23)/t9-,10+,11-/m0/s1. The molecule has 0 bridgehead atoms. The Bertz CT molecular complexity index is 693. The minimum Gasteiger partial charge on any atom is -0.466 e. The third kappa shape index (κ3) is 4.08. The molecule has 1 fully saturated rings. The van der Waals surface area contributed by atoms with Crippen LogP contribution in [0.2, 0.25) is 0 Å². The van der Waals surface area contributed by atoms with Gasteiger partial charge in [0.1, 0.15) is 0 Å². The predicted molar refractivity (Wildman–Crippen MR) is 78.6 cm³/mol. The van der Waals surface area contributed by atoms with Gasteiger partial charge in [-0.15, -0.1) is 0 Å². The second-order valence-electron chi connectivity index (χ2n) is 5.39. The Hall–Kier alpha value is -2.62. The second kappa shape index (κ2) is 7.09. The molecule has 7 nitrogen and oxygen atoms in total. The SMILES string of the molecule is CCOC(=O)[C@H]1[C@@H](NC(=O)c2cccc(C(F)(F)F)c2)[C@H]1C(=O)NN. The summed E-state index contributed by atoms with van der Waals surface area (Å²) in [5, 5.41) is 2.38. The molecule has 2 amide bonds. The first kappa shape index (κ1) is 18.7. The fraction of sp³-hybridized carbons (Fsp3) is 0.400. The summed E-state index contributed by atoms with van der Waals surface area (Å²) in [6.07, 6.45) is -4.59. The first-order valence-corrected chi connectivity index (χ1v) is 7.36. The van der Waals surface area contributed by atoms with E-state index in [1.54, 1.807) is 6.92 Å². The molecule has 10 heteroatoms. The zero-order valence-corrected chi connectivity index (χ0v) is 13.1. The number of nitrogens with one attached hydrogen (secondary N) is 2. The van der Waals surface area contributed by atoms with Crippen LogP contribution in [0.3, 0.4) is 0 Å². The minimum atomic E-state index is -4.59. The second-order valence-corrected chi connectivity index (χ2v) is 5.39. The van der Waals surface area contributed by atoms with Crippen molar-refractivity contribution in [2.75, 3.05) is 6.61 Å². The summed E-state index contributed by atoms with van der Waals surface area (Å²) < 4.78 is 43.0. The minimum absolute atomic E-state index is 0.0839. The summed E-state index contributed by atoms with van der Waals surface area (Å²) in [5.74, 6) is 0.969. The van der Waals surface area contributed by atoms with Gasteiger partial charge in [0.2, 0.25) is 5.91 Å². The fourth-order valence-corrected chi connectivity index (χ4v) is 2.52. The van der Waals surface area contributed by atoms with Crippen LogP contribution in [-0.4, -0.2) is 30.4 Å². The first-order chi connectivity index (χ1) is 11.7. The summed E-state index contributed by atoms with van der Waals surface area (Å²) in [6.45, 7) is 1.66. The number of amides is 2. The van der Waals surface area contributed by atoms with Gasteiger partial charge in [0.15, 0.2) is 0 Å². The molecule has 2 rings (SSSR count). The number of carbonyl (C=O) groups excluding carboxylic acids is 3. The summed E-state index contributed by atoms with van der Waals surface area (Å²) in [5.41, 5.74) is 0.662. The molecule has 0 aromatic heterocycles. The van der Waals surface area contributed by atoms with Crippen LogP contribution >= 0.6 is 0 Å². The van der Waals surface area contributed by atoms with E-state index < -0.39 is 47.4 Å². The molecule has 1 aliphatic carbocycles. The average molecular weight is 359 g/mol. The Morgan fingerprint density at radius 1 is 1.24 bits per heavy atom. The molecule has 0 spiro atoms. The molecule has 1 aromatic carbocycles. The molecular formula is C15H16F3N3O4. The maximum Gasteiger partial charge on any atom is 0.416 e. The van der Waals surface area contributed by atoms with Crippen molar-refractivity contribution in [1.29, 1.82) is 0 Å². The van der Waals surface area contributed by atoms with Crippen molar-refractivity contribution in [3.05, 3.63) is 35.4 Å². The van der Waals surface area contributed by atoms with E-state index in [4.69, 9.17) is 10.6 Å². The molecule has 0 saturated heterocycles. The molecule has 1 aliphatic rings. The smallest absolute Gasteiger partial charge is 0.416 e. The van der Waals surface area contributed by atoms with E-state index >= 15 is 0 Å². The van der Waals surface area contributed by atoms with E-state index in [0.29, 0.717) is 6.07 Å². The number of esters is 1. The van der Waals surface area contributed by atoms with Crippen LogP contribution in [0, 0.1) is 11.8 Å². The molecule has 3 atom stereocenters. The summed E-state index contributed by atoms with van der Waals surface area (Å²) in [7, 11) is 0. The van der Waals surface area contributed by atoms with Gasteiger partial charge in [-0.25, -0.2) is 5.84 Å². The number of carbonyl (C=O) groups is 3. The molecule has 136 valence electrons. The zero-order valence-electron chi connectivity index (χ0n) is 13.1. The van der Waals surface area contributed by atoms with Crippen LogP contribution in [0.4, 0.5) is 13.2 Å². The van der Waals surface area contributed by atoms with Gasteiger partial charge in [0.25, 0.3) is 5.91 Å². The van der Waals surface area contributed by atoms with Crippen LogP contribution in [0.1, 0.15) is 22.8 Å². The van der Waals surface area contributed by atoms with Gasteiger partial charge < -0.3 is 10.1 Å². The van der Waals surface area contributed by atoms with E-state index in [-0.39, 0.29) is 12.2 Å². The lowest BCUT2D eigenvalue weighted by atomic mass is 10.1. The number of hydrogen-bond donors (Lipinski definition) is 3. The summed E-state index contributed by atoms with van der Waals surface area (Å²) in [4.78, 5) is 35.6. The number of nitrogens with two attached hydrogens (primary N) is 1. The maximum absolute atomic E-state index is 12.7. The van der Waals surface area contributed by atoms with Gasteiger partial charge in [0, 0.05) is 5.56 Å². The third-order valence-electron chi connectivity index (χ3n) is 3.77. The van der Waals surface area contributed by atoms with Gasteiger partial charge in [0.05, 0.1) is 30.0 Å². The Balaban J connectivity index is 2.13. The molecule has 1 saturated carbocycles. The normalized spacial score (nSPS) is 22.0. The van der Waals surface area contributed by atoms with Crippen LogP contribution < -0.4 is 16.6 Å². The molecule has 1 aromatic rings. The van der Waals surface area contributed by atoms with Gasteiger partial charge in [-0.05, 0) is 25.1 Å². The maximum atomic E-state index is 12.7. The van der Waals surface area contributed by atoms with Crippen LogP contribution in [0.5, 0.6) is 0 Å². The highest BCUT2D eigenvalue weighted by Gasteiger charge is 2.60. The monoisotopic (exact) mass is 359 g/mol. The largest absolute Gasteiger partial charge is 0.466 e. The van der Waals surface area contributed by atoms with Crippen molar-refractivity contribution in [3.63, 3.8) is 0 Å². The molecule has 4 N–H and O–H groups in total. The molecule has 25 heavy (non-hydrogen) atoms. The Kier molecular flexibility index (Phi) is 5.31. The first-order valence-electron chi connectivity index (χ1n) is 7.36. The molecule has 0 aliphatic heterocycles. The predicted octanol–water partition coefficient (Wildman–Crippen LogP) is 0.603. The van der Waals surface area contributed by atoms with Gasteiger partial charge in [-0.3, -0.25) is 19.8 Å². The van der Waals surface area contributed by atoms with Gasteiger partial charge in [-0.1, -0.05) is 6.07 Å². The van der Waals surface area contributed by atoms with Gasteiger partial charge in [-0.2, -0.15) is 13.2 Å². The molecule has 0 radical (unpaired) electrons. The third-order valence-corrected chi connectivity index (χ3v) is 3.77. The van der Waals surface area contributed by atoms with Crippen LogP contribution in [0.25, 0.3) is 0 Å². The lowest BCUT2D eigenvalue weighted by Gasteiger charge is -2.09. The Labute approximate surface area is 140 Å². The lowest BCUT2D eigenvalue weighted by Crippen LogP contribution is -2.35. The topological polar surface area (TPSA) is 111 Å². The fourth-order valence-electron chi connectivity index (χ4n) is 2.52. The van der Waals surface area contributed by atoms with Crippen molar-refractivity contribution in [1.82, 2.24) is 10.7 Å². The number of benzene rings is 1. The van der Waals surface area contributed by atoms with Crippen molar-refractivity contribution in [3.8, 4) is 0 Å². The number of ether oxygens (including phenoxy) is 1. The molecule has 0 heterocycles. The highest BCUT2D eigenvalue weighted by molar-refractivity contribution is 5.98. The van der Waals surface area contributed by atoms with Crippen molar-refractivity contribution >= 4 is 17.8 Å². The number of hydrazine groups is 1. The van der Waals surface area contributed by atoms with Crippen molar-refractivity contribution < 1.29 is 32.3 Å². The Morgan fingerprint density at radius 2 is 1.92 bits per heavy atom. The van der Waals surface area contributed by atoms with Crippen LogP contribution in [0.15, 0.2) is 24.3 Å². The molecular weight excluding hydrogens is 343 g/mol. The number of halogens is 3. The quantitative estimate of drug-likeness (QED) is 0.309. The summed E-state index contributed by atoms with van der Waals surface area (Å²) >= 11 is 0. The zero-order chi connectivity index (χ0) is 18.8. The summed E-state index contributed by atoms with van der Waals surface area (Å²) in [6, 6.07) is 2.92.